The number of carbonyl (C=O) groups excluding carboxylic acids is 1. The largest absolute Gasteiger partial charge is 0.385 e. The molecule has 1 heterocycles. The standard InChI is InChI=1S/C15H17FN4O2/c1-22-8-4-7-17-15(21)13-9-14(19-10-18-13)20-12-6-3-2-5-11(12)16/h2-3,5-6,9-10H,4,7-8H2,1H3,(H,17,21)(H,18,19,20). The van der Waals surface area contributed by atoms with Crippen LogP contribution in [0.5, 0.6) is 0 Å². The Bertz CT molecular complexity index is 636. The summed E-state index contributed by atoms with van der Waals surface area (Å²) in [6.07, 6.45) is 1.97. The first-order valence-corrected chi connectivity index (χ1v) is 6.81. The third-order valence-corrected chi connectivity index (χ3v) is 2.85. The molecule has 7 heteroatoms. The number of nitrogens with zero attached hydrogens (tertiary/aromatic N) is 2. The van der Waals surface area contributed by atoms with Crippen molar-refractivity contribution in [2.75, 3.05) is 25.6 Å². The topological polar surface area (TPSA) is 76.1 Å². The fraction of sp³-hybridized carbons (Fsp3) is 0.267. The highest BCUT2D eigenvalue weighted by Crippen LogP contribution is 2.17. The number of para-hydroxylation sites is 1. The number of rotatable bonds is 7. The van der Waals surface area contributed by atoms with Gasteiger partial charge in [-0.25, -0.2) is 14.4 Å². The highest BCUT2D eigenvalue weighted by molar-refractivity contribution is 5.92. The average Bonchev–Trinajstić information content (AvgIpc) is 2.54. The van der Waals surface area contributed by atoms with Gasteiger partial charge < -0.3 is 15.4 Å². The van der Waals surface area contributed by atoms with Gasteiger partial charge in [0.25, 0.3) is 5.91 Å². The van der Waals surface area contributed by atoms with Crippen molar-refractivity contribution in [1.82, 2.24) is 15.3 Å². The molecule has 2 N–H and O–H groups in total. The van der Waals surface area contributed by atoms with Crippen LogP contribution >= 0.6 is 0 Å². The van der Waals surface area contributed by atoms with E-state index in [4.69, 9.17) is 4.74 Å². The second-order valence-electron chi connectivity index (χ2n) is 4.50. The van der Waals surface area contributed by atoms with E-state index in [0.29, 0.717) is 25.4 Å². The molecule has 0 radical (unpaired) electrons. The van der Waals surface area contributed by atoms with E-state index in [2.05, 4.69) is 20.6 Å². The van der Waals surface area contributed by atoms with Crippen LogP contribution < -0.4 is 10.6 Å². The van der Waals surface area contributed by atoms with Crippen molar-refractivity contribution in [3.63, 3.8) is 0 Å². The van der Waals surface area contributed by atoms with Crippen molar-refractivity contribution < 1.29 is 13.9 Å². The quantitative estimate of drug-likeness (QED) is 0.766. The number of carbonyl (C=O) groups is 1. The van der Waals surface area contributed by atoms with E-state index in [1.807, 2.05) is 0 Å². The van der Waals surface area contributed by atoms with Crippen LogP contribution in [0.25, 0.3) is 0 Å². The van der Waals surface area contributed by atoms with Crippen LogP contribution in [0.15, 0.2) is 36.7 Å². The molecule has 0 atom stereocenters. The third-order valence-electron chi connectivity index (χ3n) is 2.85. The molecule has 2 aromatic rings. The fourth-order valence-corrected chi connectivity index (χ4v) is 1.76. The summed E-state index contributed by atoms with van der Waals surface area (Å²) in [4.78, 5) is 19.8. The van der Waals surface area contributed by atoms with Gasteiger partial charge in [0.1, 0.15) is 23.7 Å². The third kappa shape index (κ3) is 4.49. The summed E-state index contributed by atoms with van der Waals surface area (Å²) in [5.41, 5.74) is 0.499. The van der Waals surface area contributed by atoms with Gasteiger partial charge in [-0.3, -0.25) is 4.79 Å². The van der Waals surface area contributed by atoms with Crippen LogP contribution in [0.2, 0.25) is 0 Å². The SMILES string of the molecule is COCCCNC(=O)c1cc(Nc2ccccc2F)ncn1. The van der Waals surface area contributed by atoms with E-state index < -0.39 is 5.82 Å². The summed E-state index contributed by atoms with van der Waals surface area (Å²) < 4.78 is 18.5. The average molecular weight is 304 g/mol. The molecule has 1 amide bonds. The van der Waals surface area contributed by atoms with E-state index in [1.54, 1.807) is 25.3 Å². The summed E-state index contributed by atoms with van der Waals surface area (Å²) in [6, 6.07) is 7.70. The normalized spacial score (nSPS) is 10.3. The van der Waals surface area contributed by atoms with Crippen LogP contribution in [-0.4, -0.2) is 36.1 Å². The maximum atomic E-state index is 13.6. The number of amides is 1. The molecular weight excluding hydrogens is 287 g/mol. The van der Waals surface area contributed by atoms with E-state index in [9.17, 15) is 9.18 Å². The highest BCUT2D eigenvalue weighted by Gasteiger charge is 2.09. The smallest absolute Gasteiger partial charge is 0.270 e. The van der Waals surface area contributed by atoms with Gasteiger partial charge in [-0.1, -0.05) is 12.1 Å². The molecule has 22 heavy (non-hydrogen) atoms. The summed E-state index contributed by atoms with van der Waals surface area (Å²) in [7, 11) is 1.60. The first-order valence-electron chi connectivity index (χ1n) is 6.81. The molecular formula is C15H17FN4O2. The van der Waals surface area contributed by atoms with Gasteiger partial charge in [0.15, 0.2) is 0 Å². The van der Waals surface area contributed by atoms with Crippen LogP contribution in [0, 0.1) is 5.82 Å². The lowest BCUT2D eigenvalue weighted by atomic mass is 10.3. The Morgan fingerprint density at radius 1 is 1.32 bits per heavy atom. The first-order chi connectivity index (χ1) is 10.7. The zero-order chi connectivity index (χ0) is 15.8. The van der Waals surface area contributed by atoms with Crippen molar-refractivity contribution in [2.24, 2.45) is 0 Å². The Balaban J connectivity index is 2.00. The lowest BCUT2D eigenvalue weighted by Crippen LogP contribution is -2.26. The molecule has 0 aliphatic rings. The van der Waals surface area contributed by atoms with Crippen LogP contribution in [-0.2, 0) is 4.74 Å². The fourth-order valence-electron chi connectivity index (χ4n) is 1.76. The van der Waals surface area contributed by atoms with Gasteiger partial charge in [0, 0.05) is 26.3 Å². The molecule has 0 saturated carbocycles. The molecule has 2 rings (SSSR count). The van der Waals surface area contributed by atoms with Crippen LogP contribution in [0.3, 0.4) is 0 Å². The number of benzene rings is 1. The monoisotopic (exact) mass is 304 g/mol. The summed E-state index contributed by atoms with van der Waals surface area (Å²) >= 11 is 0. The van der Waals surface area contributed by atoms with E-state index in [0.717, 1.165) is 0 Å². The first kappa shape index (κ1) is 15.8. The predicted octanol–water partition coefficient (Wildman–Crippen LogP) is 2.13. The van der Waals surface area contributed by atoms with Gasteiger partial charge in [-0.15, -0.1) is 0 Å². The molecule has 1 aromatic carbocycles. The maximum absolute atomic E-state index is 13.6. The van der Waals surface area contributed by atoms with E-state index in [1.165, 1.54) is 18.5 Å². The molecule has 0 saturated heterocycles. The number of hydrogen-bond donors (Lipinski definition) is 2. The summed E-state index contributed by atoms with van der Waals surface area (Å²) in [5.74, 6) is -0.357. The summed E-state index contributed by atoms with van der Waals surface area (Å²) in [5, 5.41) is 5.54. The lowest BCUT2D eigenvalue weighted by Gasteiger charge is -2.08. The number of ether oxygens (including phenoxy) is 1. The minimum atomic E-state index is -0.397. The number of nitrogens with one attached hydrogen (secondary N) is 2. The highest BCUT2D eigenvalue weighted by atomic mass is 19.1. The Labute approximate surface area is 127 Å². The van der Waals surface area contributed by atoms with Crippen molar-refractivity contribution in [3.05, 3.63) is 48.2 Å². The zero-order valence-electron chi connectivity index (χ0n) is 12.2. The van der Waals surface area contributed by atoms with Crippen molar-refractivity contribution >= 4 is 17.4 Å². The molecule has 1 aromatic heterocycles. The van der Waals surface area contributed by atoms with Crippen molar-refractivity contribution in [3.8, 4) is 0 Å². The molecule has 0 aliphatic heterocycles. The van der Waals surface area contributed by atoms with Gasteiger partial charge in [0.2, 0.25) is 0 Å². The Kier molecular flexibility index (Phi) is 5.79. The molecule has 0 spiro atoms. The predicted molar refractivity (Wildman–Crippen MR) is 80.5 cm³/mol. The second-order valence-corrected chi connectivity index (χ2v) is 4.50. The zero-order valence-corrected chi connectivity index (χ0v) is 12.2. The van der Waals surface area contributed by atoms with Crippen molar-refractivity contribution in [1.29, 1.82) is 0 Å². The molecule has 0 unspecified atom stereocenters. The van der Waals surface area contributed by atoms with Crippen molar-refractivity contribution in [2.45, 2.75) is 6.42 Å². The number of aromatic nitrogens is 2. The Morgan fingerprint density at radius 2 is 2.14 bits per heavy atom. The maximum Gasteiger partial charge on any atom is 0.270 e. The number of halogens is 1. The number of anilines is 2. The lowest BCUT2D eigenvalue weighted by molar-refractivity contribution is 0.0943. The number of hydrogen-bond acceptors (Lipinski definition) is 5. The van der Waals surface area contributed by atoms with Gasteiger partial charge >= 0.3 is 0 Å². The van der Waals surface area contributed by atoms with Crippen LogP contribution in [0.4, 0.5) is 15.9 Å². The van der Waals surface area contributed by atoms with Gasteiger partial charge in [-0.2, -0.15) is 0 Å². The van der Waals surface area contributed by atoms with Gasteiger partial charge in [-0.05, 0) is 18.6 Å². The minimum absolute atomic E-state index is 0.214. The van der Waals surface area contributed by atoms with Gasteiger partial charge in [0.05, 0.1) is 5.69 Å². The Hall–Kier alpha value is -2.54. The molecule has 0 bridgehead atoms. The minimum Gasteiger partial charge on any atom is -0.385 e. The molecule has 6 nitrogen and oxygen atoms in total. The van der Waals surface area contributed by atoms with E-state index >= 15 is 0 Å². The second kappa shape index (κ2) is 8.04. The van der Waals surface area contributed by atoms with E-state index in [-0.39, 0.29) is 17.3 Å². The Morgan fingerprint density at radius 3 is 2.91 bits per heavy atom. The molecule has 0 fully saturated rings. The summed E-state index contributed by atoms with van der Waals surface area (Å²) in [6.45, 7) is 1.07. The number of methoxy groups -OCH3 is 1. The molecule has 116 valence electrons. The molecule has 0 aliphatic carbocycles. The van der Waals surface area contributed by atoms with Crippen LogP contribution in [0.1, 0.15) is 16.9 Å².